The molecular formula is C13H15ClN2O3S. The lowest BCUT2D eigenvalue weighted by Gasteiger charge is -2.41. The van der Waals surface area contributed by atoms with Crippen molar-refractivity contribution in [2.45, 2.75) is 25.0 Å². The van der Waals surface area contributed by atoms with Gasteiger partial charge in [0.05, 0.1) is 22.9 Å². The third-order valence-corrected chi connectivity index (χ3v) is 4.86. The molecule has 3 rings (SSSR count). The van der Waals surface area contributed by atoms with Gasteiger partial charge in [0.15, 0.2) is 0 Å². The van der Waals surface area contributed by atoms with Gasteiger partial charge in [0.1, 0.15) is 6.61 Å². The van der Waals surface area contributed by atoms with Gasteiger partial charge < -0.3 is 15.0 Å². The van der Waals surface area contributed by atoms with Crippen molar-refractivity contribution in [2.24, 2.45) is 0 Å². The molecule has 1 aromatic heterocycles. The molecule has 1 aromatic rings. The number of fused-ring (bicyclic) bond motifs is 1. The Kier molecular flexibility index (Phi) is 3.96. The van der Waals surface area contributed by atoms with E-state index >= 15 is 0 Å². The van der Waals surface area contributed by atoms with Crippen molar-refractivity contribution in [3.8, 4) is 0 Å². The van der Waals surface area contributed by atoms with Crippen molar-refractivity contribution in [2.75, 3.05) is 19.7 Å². The molecule has 2 aliphatic rings. The first-order valence-electron chi connectivity index (χ1n) is 6.55. The van der Waals surface area contributed by atoms with Crippen molar-refractivity contribution in [1.82, 2.24) is 10.2 Å². The van der Waals surface area contributed by atoms with Gasteiger partial charge in [0.2, 0.25) is 11.8 Å². The van der Waals surface area contributed by atoms with Crippen molar-refractivity contribution in [3.63, 3.8) is 0 Å². The second-order valence-corrected chi connectivity index (χ2v) is 6.83. The van der Waals surface area contributed by atoms with Gasteiger partial charge in [-0.2, -0.15) is 0 Å². The first kappa shape index (κ1) is 13.9. The number of rotatable bonds is 2. The normalized spacial score (nSPS) is 26.1. The molecule has 0 unspecified atom stereocenters. The number of likely N-dealkylation sites (tertiary alicyclic amines) is 1. The van der Waals surface area contributed by atoms with Gasteiger partial charge in [-0.05, 0) is 18.6 Å². The Morgan fingerprint density at radius 3 is 3.15 bits per heavy atom. The zero-order valence-corrected chi connectivity index (χ0v) is 12.4. The van der Waals surface area contributed by atoms with E-state index in [0.29, 0.717) is 23.8 Å². The predicted molar refractivity (Wildman–Crippen MR) is 75.9 cm³/mol. The quantitative estimate of drug-likeness (QED) is 0.888. The summed E-state index contributed by atoms with van der Waals surface area (Å²) in [6.07, 6.45) is 1.17. The number of amides is 2. The predicted octanol–water partition coefficient (Wildman–Crippen LogP) is 1.06. The number of halogens is 1. The summed E-state index contributed by atoms with van der Waals surface area (Å²) in [5.41, 5.74) is 0. The largest absolute Gasteiger partial charge is 0.366 e. The standard InChI is InChI=1S/C13H15ClN2O3S/c14-11-2-1-8(20-11)5-13(18)16-4-3-10-9(6-16)15-12(17)7-19-10/h1-2,9-10H,3-7H2,(H,15,17)/t9-,10+/m0/s1. The number of carbonyl (C=O) groups excluding carboxylic acids is 2. The van der Waals surface area contributed by atoms with Gasteiger partial charge in [-0.1, -0.05) is 11.6 Å². The SMILES string of the molecule is O=C1CO[C@@H]2CCN(C(=O)Cc3ccc(Cl)s3)C[C@@H]2N1. The number of ether oxygens (including phenoxy) is 1. The first-order chi connectivity index (χ1) is 9.61. The van der Waals surface area contributed by atoms with E-state index in [-0.39, 0.29) is 30.6 Å². The Morgan fingerprint density at radius 1 is 1.55 bits per heavy atom. The summed E-state index contributed by atoms with van der Waals surface area (Å²) in [6.45, 7) is 1.33. The van der Waals surface area contributed by atoms with Gasteiger partial charge in [-0.3, -0.25) is 9.59 Å². The molecule has 0 bridgehead atoms. The maximum atomic E-state index is 12.3. The Hall–Kier alpha value is -1.11. The van der Waals surface area contributed by atoms with Crippen LogP contribution in [-0.2, 0) is 20.7 Å². The van der Waals surface area contributed by atoms with E-state index in [2.05, 4.69) is 5.32 Å². The summed E-state index contributed by atoms with van der Waals surface area (Å²) in [5.74, 6) is -0.0348. The van der Waals surface area contributed by atoms with Crippen LogP contribution in [0.3, 0.4) is 0 Å². The third kappa shape index (κ3) is 2.97. The van der Waals surface area contributed by atoms with E-state index in [1.807, 2.05) is 6.07 Å². The molecular weight excluding hydrogens is 300 g/mol. The number of morpholine rings is 1. The van der Waals surface area contributed by atoms with E-state index in [0.717, 1.165) is 11.3 Å². The fraction of sp³-hybridized carbons (Fsp3) is 0.538. The van der Waals surface area contributed by atoms with Crippen LogP contribution in [0.4, 0.5) is 0 Å². The number of nitrogens with zero attached hydrogens (tertiary/aromatic N) is 1. The minimum Gasteiger partial charge on any atom is -0.366 e. The summed E-state index contributed by atoms with van der Waals surface area (Å²) in [7, 11) is 0. The average molecular weight is 315 g/mol. The van der Waals surface area contributed by atoms with Crippen molar-refractivity contribution in [3.05, 3.63) is 21.3 Å². The van der Waals surface area contributed by atoms with E-state index in [9.17, 15) is 9.59 Å². The number of hydrogen-bond donors (Lipinski definition) is 1. The highest BCUT2D eigenvalue weighted by Gasteiger charge is 2.36. The van der Waals surface area contributed by atoms with Crippen LogP contribution in [0.2, 0.25) is 4.34 Å². The Morgan fingerprint density at radius 2 is 2.40 bits per heavy atom. The van der Waals surface area contributed by atoms with Crippen LogP contribution in [0.15, 0.2) is 12.1 Å². The van der Waals surface area contributed by atoms with Crippen LogP contribution >= 0.6 is 22.9 Å². The zero-order valence-electron chi connectivity index (χ0n) is 10.8. The summed E-state index contributed by atoms with van der Waals surface area (Å²) in [4.78, 5) is 26.4. The molecule has 20 heavy (non-hydrogen) atoms. The van der Waals surface area contributed by atoms with Crippen molar-refractivity contribution in [1.29, 1.82) is 0 Å². The number of nitrogens with one attached hydrogen (secondary N) is 1. The van der Waals surface area contributed by atoms with Crippen LogP contribution < -0.4 is 5.32 Å². The fourth-order valence-electron chi connectivity index (χ4n) is 2.63. The second kappa shape index (κ2) is 5.71. The van der Waals surface area contributed by atoms with Gasteiger partial charge in [0, 0.05) is 18.0 Å². The molecule has 2 fully saturated rings. The fourth-order valence-corrected chi connectivity index (χ4v) is 3.71. The van der Waals surface area contributed by atoms with Crippen LogP contribution in [-0.4, -0.2) is 48.6 Å². The van der Waals surface area contributed by atoms with Gasteiger partial charge in [0.25, 0.3) is 0 Å². The molecule has 108 valence electrons. The smallest absolute Gasteiger partial charge is 0.246 e. The molecule has 1 N–H and O–H groups in total. The molecule has 0 aromatic carbocycles. The third-order valence-electron chi connectivity index (χ3n) is 3.63. The van der Waals surface area contributed by atoms with Crippen LogP contribution in [0, 0.1) is 0 Å². The van der Waals surface area contributed by atoms with E-state index in [1.54, 1.807) is 11.0 Å². The molecule has 2 amide bonds. The maximum absolute atomic E-state index is 12.3. The van der Waals surface area contributed by atoms with Crippen molar-refractivity contribution >= 4 is 34.8 Å². The molecule has 0 aliphatic carbocycles. The minimum absolute atomic E-state index is 0.0351. The molecule has 2 saturated heterocycles. The molecule has 2 aliphatic heterocycles. The van der Waals surface area contributed by atoms with Crippen LogP contribution in [0.5, 0.6) is 0 Å². The topological polar surface area (TPSA) is 58.6 Å². The summed E-state index contributed by atoms with van der Waals surface area (Å²) in [6, 6.07) is 3.60. The number of hydrogen-bond acceptors (Lipinski definition) is 4. The Bertz CT molecular complexity index is 533. The molecule has 0 spiro atoms. The lowest BCUT2D eigenvalue weighted by atomic mass is 10.00. The molecule has 5 nitrogen and oxygen atoms in total. The number of piperidine rings is 1. The monoisotopic (exact) mass is 314 g/mol. The van der Waals surface area contributed by atoms with Gasteiger partial charge in [-0.25, -0.2) is 0 Å². The van der Waals surface area contributed by atoms with Gasteiger partial charge >= 0.3 is 0 Å². The maximum Gasteiger partial charge on any atom is 0.246 e. The first-order valence-corrected chi connectivity index (χ1v) is 7.74. The van der Waals surface area contributed by atoms with E-state index < -0.39 is 0 Å². The average Bonchev–Trinajstić information content (AvgIpc) is 2.83. The van der Waals surface area contributed by atoms with Gasteiger partial charge in [-0.15, -0.1) is 11.3 Å². The lowest BCUT2D eigenvalue weighted by Crippen LogP contribution is -2.61. The summed E-state index contributed by atoms with van der Waals surface area (Å²) >= 11 is 7.29. The minimum atomic E-state index is -0.106. The number of carbonyl (C=O) groups is 2. The number of thiophene rings is 1. The molecule has 7 heteroatoms. The van der Waals surface area contributed by atoms with Crippen LogP contribution in [0.25, 0.3) is 0 Å². The van der Waals surface area contributed by atoms with Crippen LogP contribution in [0.1, 0.15) is 11.3 Å². The lowest BCUT2D eigenvalue weighted by molar-refractivity contribution is -0.146. The second-order valence-electron chi connectivity index (χ2n) is 5.03. The Labute approximate surface area is 125 Å². The van der Waals surface area contributed by atoms with Crippen molar-refractivity contribution < 1.29 is 14.3 Å². The Balaban J connectivity index is 1.60. The van der Waals surface area contributed by atoms with E-state index in [1.165, 1.54) is 11.3 Å². The molecule has 2 atom stereocenters. The summed E-state index contributed by atoms with van der Waals surface area (Å²) < 4.78 is 6.17. The molecule has 0 radical (unpaired) electrons. The zero-order chi connectivity index (χ0) is 14.1. The summed E-state index contributed by atoms with van der Waals surface area (Å²) in [5, 5.41) is 2.89. The highest BCUT2D eigenvalue weighted by molar-refractivity contribution is 7.16. The molecule has 3 heterocycles. The van der Waals surface area contributed by atoms with E-state index in [4.69, 9.17) is 16.3 Å². The highest BCUT2D eigenvalue weighted by atomic mass is 35.5. The molecule has 0 saturated carbocycles. The highest BCUT2D eigenvalue weighted by Crippen LogP contribution is 2.23.